The minimum atomic E-state index is -0.253. The summed E-state index contributed by atoms with van der Waals surface area (Å²) in [6.45, 7) is 4.00. The molecule has 0 amide bonds. The molecule has 1 N–H and O–H groups in total. The third kappa shape index (κ3) is 5.11. The van der Waals surface area contributed by atoms with Gasteiger partial charge in [0, 0.05) is 0 Å². The van der Waals surface area contributed by atoms with E-state index in [0.29, 0.717) is 11.5 Å². The smallest absolute Gasteiger partial charge is 0.350 e. The molecule has 0 saturated carbocycles. The predicted molar refractivity (Wildman–Crippen MR) is 56.1 cm³/mol. The molecule has 1 aromatic rings. The summed E-state index contributed by atoms with van der Waals surface area (Å²) >= 11 is 1.32. The molecular formula is C9H13NO4S. The first-order valence-electron chi connectivity index (χ1n) is 4.32. The van der Waals surface area contributed by atoms with E-state index in [4.69, 9.17) is 14.6 Å². The van der Waals surface area contributed by atoms with E-state index < -0.39 is 0 Å². The lowest BCUT2D eigenvalue weighted by molar-refractivity contribution is -0.122. The Kier molecular flexibility index (Phi) is 7.17. The quantitative estimate of drug-likeness (QED) is 0.633. The molecule has 0 spiro atoms. The van der Waals surface area contributed by atoms with Crippen molar-refractivity contribution in [2.45, 2.75) is 20.3 Å². The molecule has 0 atom stereocenters. The number of aryl methyl sites for hydroxylation is 1. The molecular weight excluding hydrogens is 218 g/mol. The number of carbonyl (C=O) groups excluding carboxylic acids is 1. The number of nitrogens with zero attached hydrogens (tertiary/aromatic N) is 1. The standard InChI is InChI=1S/C8H11NO2S.CH2O2/c1-3-4-11-8(10)7-6(2)9-5-12-7;2-1-3/h5H,3-4H2,1-2H3;1H,(H,2,3). The van der Waals surface area contributed by atoms with Crippen molar-refractivity contribution in [2.24, 2.45) is 0 Å². The zero-order valence-corrected chi connectivity index (χ0v) is 9.41. The Bertz CT molecular complexity index is 311. The SMILES string of the molecule is CCCOC(=O)c1scnc1C.O=CO. The summed E-state index contributed by atoms with van der Waals surface area (Å²) < 4.78 is 4.95. The summed E-state index contributed by atoms with van der Waals surface area (Å²) in [5.41, 5.74) is 2.40. The van der Waals surface area contributed by atoms with Gasteiger partial charge in [0.15, 0.2) is 0 Å². The van der Waals surface area contributed by atoms with Crippen LogP contribution in [0.1, 0.15) is 28.7 Å². The molecule has 1 heterocycles. The Labute approximate surface area is 91.7 Å². The van der Waals surface area contributed by atoms with Gasteiger partial charge >= 0.3 is 5.97 Å². The summed E-state index contributed by atoms with van der Waals surface area (Å²) in [4.78, 5) is 24.2. The van der Waals surface area contributed by atoms with E-state index in [0.717, 1.165) is 12.1 Å². The highest BCUT2D eigenvalue weighted by atomic mass is 32.1. The van der Waals surface area contributed by atoms with Crippen molar-refractivity contribution in [3.05, 3.63) is 16.1 Å². The highest BCUT2D eigenvalue weighted by Gasteiger charge is 2.11. The minimum absolute atomic E-state index is 0.250. The molecule has 0 aromatic carbocycles. The molecule has 0 fully saturated rings. The number of hydrogen-bond acceptors (Lipinski definition) is 5. The second kappa shape index (κ2) is 7.93. The number of hydrogen-bond donors (Lipinski definition) is 1. The topological polar surface area (TPSA) is 76.5 Å². The average Bonchev–Trinajstić information content (AvgIpc) is 2.62. The second-order valence-corrected chi connectivity index (χ2v) is 3.36. The van der Waals surface area contributed by atoms with Gasteiger partial charge in [-0.25, -0.2) is 9.78 Å². The average molecular weight is 231 g/mol. The van der Waals surface area contributed by atoms with Crippen molar-refractivity contribution in [1.29, 1.82) is 0 Å². The van der Waals surface area contributed by atoms with Crippen LogP contribution in [0.25, 0.3) is 0 Å². The molecule has 0 aliphatic carbocycles. The van der Waals surface area contributed by atoms with Gasteiger partial charge in [0.25, 0.3) is 6.47 Å². The molecule has 84 valence electrons. The van der Waals surface area contributed by atoms with Crippen LogP contribution < -0.4 is 0 Å². The highest BCUT2D eigenvalue weighted by Crippen LogP contribution is 2.13. The van der Waals surface area contributed by atoms with Crippen molar-refractivity contribution in [3.63, 3.8) is 0 Å². The Morgan fingerprint density at radius 3 is 2.73 bits per heavy atom. The van der Waals surface area contributed by atoms with Crippen LogP contribution in [0.3, 0.4) is 0 Å². The lowest BCUT2D eigenvalue weighted by atomic mass is 10.4. The summed E-state index contributed by atoms with van der Waals surface area (Å²) in [6, 6.07) is 0. The zero-order valence-electron chi connectivity index (χ0n) is 8.60. The number of aromatic nitrogens is 1. The molecule has 1 aromatic heterocycles. The molecule has 0 radical (unpaired) electrons. The normalized spacial score (nSPS) is 8.67. The van der Waals surface area contributed by atoms with Crippen LogP contribution in [0.15, 0.2) is 5.51 Å². The Morgan fingerprint density at radius 2 is 2.33 bits per heavy atom. The molecule has 6 heteroatoms. The first kappa shape index (κ1) is 13.6. The van der Waals surface area contributed by atoms with Gasteiger partial charge in [0.2, 0.25) is 0 Å². The molecule has 15 heavy (non-hydrogen) atoms. The van der Waals surface area contributed by atoms with Crippen molar-refractivity contribution in [3.8, 4) is 0 Å². The van der Waals surface area contributed by atoms with Gasteiger partial charge in [0.05, 0.1) is 17.8 Å². The van der Waals surface area contributed by atoms with E-state index in [1.807, 2.05) is 6.92 Å². The predicted octanol–water partition coefficient (Wildman–Crippen LogP) is 1.72. The number of thiazole rings is 1. The Hall–Kier alpha value is -1.43. The Morgan fingerprint density at radius 1 is 1.73 bits per heavy atom. The number of ether oxygens (including phenoxy) is 1. The second-order valence-electron chi connectivity index (χ2n) is 2.51. The number of esters is 1. The summed E-state index contributed by atoms with van der Waals surface area (Å²) in [5.74, 6) is -0.253. The number of rotatable bonds is 3. The molecule has 5 nitrogen and oxygen atoms in total. The molecule has 0 bridgehead atoms. The summed E-state index contributed by atoms with van der Waals surface area (Å²) in [7, 11) is 0. The van der Waals surface area contributed by atoms with Crippen molar-refractivity contribution >= 4 is 23.8 Å². The van der Waals surface area contributed by atoms with Crippen LogP contribution in [0.2, 0.25) is 0 Å². The van der Waals surface area contributed by atoms with E-state index in [2.05, 4.69) is 4.98 Å². The molecule has 1 rings (SSSR count). The van der Waals surface area contributed by atoms with E-state index in [1.165, 1.54) is 11.3 Å². The highest BCUT2D eigenvalue weighted by molar-refractivity contribution is 7.11. The monoisotopic (exact) mass is 231 g/mol. The molecule has 0 unspecified atom stereocenters. The number of carboxylic acid groups (broad SMARTS) is 1. The first-order chi connectivity index (χ1) is 7.17. The minimum Gasteiger partial charge on any atom is -0.483 e. The van der Waals surface area contributed by atoms with Crippen LogP contribution >= 0.6 is 11.3 Å². The van der Waals surface area contributed by atoms with Gasteiger partial charge < -0.3 is 9.84 Å². The fraction of sp³-hybridized carbons (Fsp3) is 0.444. The van der Waals surface area contributed by atoms with E-state index >= 15 is 0 Å². The van der Waals surface area contributed by atoms with Crippen LogP contribution in [0.5, 0.6) is 0 Å². The lowest BCUT2D eigenvalue weighted by Gasteiger charge is -1.99. The van der Waals surface area contributed by atoms with Crippen molar-refractivity contribution < 1.29 is 19.4 Å². The van der Waals surface area contributed by atoms with Gasteiger partial charge in [-0.1, -0.05) is 6.92 Å². The maximum atomic E-state index is 11.2. The van der Waals surface area contributed by atoms with Crippen molar-refractivity contribution in [1.82, 2.24) is 4.98 Å². The maximum Gasteiger partial charge on any atom is 0.350 e. The third-order valence-electron chi connectivity index (χ3n) is 1.37. The molecule has 0 aliphatic rings. The van der Waals surface area contributed by atoms with E-state index in [-0.39, 0.29) is 12.4 Å². The number of carbonyl (C=O) groups is 2. The fourth-order valence-corrected chi connectivity index (χ4v) is 1.45. The zero-order chi connectivity index (χ0) is 11.7. The Balaban J connectivity index is 0.000000583. The van der Waals surface area contributed by atoms with Gasteiger partial charge in [-0.05, 0) is 13.3 Å². The lowest BCUT2D eigenvalue weighted by Crippen LogP contribution is -2.05. The first-order valence-corrected chi connectivity index (χ1v) is 5.20. The van der Waals surface area contributed by atoms with Crippen LogP contribution in [0.4, 0.5) is 0 Å². The maximum absolute atomic E-state index is 11.2. The van der Waals surface area contributed by atoms with Gasteiger partial charge in [0.1, 0.15) is 4.88 Å². The van der Waals surface area contributed by atoms with Crippen LogP contribution in [-0.4, -0.2) is 29.1 Å². The van der Waals surface area contributed by atoms with Crippen molar-refractivity contribution in [2.75, 3.05) is 6.61 Å². The largest absolute Gasteiger partial charge is 0.483 e. The molecule has 0 saturated heterocycles. The van der Waals surface area contributed by atoms with Crippen LogP contribution in [-0.2, 0) is 9.53 Å². The van der Waals surface area contributed by atoms with Gasteiger partial charge in [-0.15, -0.1) is 11.3 Å². The van der Waals surface area contributed by atoms with Gasteiger partial charge in [-0.2, -0.15) is 0 Å². The third-order valence-corrected chi connectivity index (χ3v) is 2.28. The van der Waals surface area contributed by atoms with E-state index in [9.17, 15) is 4.79 Å². The fourth-order valence-electron chi connectivity index (χ4n) is 0.758. The summed E-state index contributed by atoms with van der Waals surface area (Å²) in [5, 5.41) is 6.89. The summed E-state index contributed by atoms with van der Waals surface area (Å²) in [6.07, 6.45) is 0.851. The van der Waals surface area contributed by atoms with Gasteiger partial charge in [-0.3, -0.25) is 4.79 Å². The van der Waals surface area contributed by atoms with Crippen LogP contribution in [0, 0.1) is 6.92 Å². The molecule has 0 aliphatic heterocycles. The van der Waals surface area contributed by atoms with E-state index in [1.54, 1.807) is 12.4 Å².